The van der Waals surface area contributed by atoms with E-state index in [1.807, 2.05) is 13.4 Å². The molecule has 19 heavy (non-hydrogen) atoms. The van der Waals surface area contributed by atoms with E-state index in [0.717, 1.165) is 18.4 Å². The molecule has 2 aromatic rings. The first-order valence-electron chi connectivity index (χ1n) is 7.04. The van der Waals surface area contributed by atoms with Crippen molar-refractivity contribution in [1.82, 2.24) is 9.55 Å². The van der Waals surface area contributed by atoms with Crippen molar-refractivity contribution in [3.63, 3.8) is 0 Å². The number of aryl methyl sites for hydroxylation is 1. The molecule has 1 aliphatic rings. The Balaban J connectivity index is 1.83. The first-order valence-corrected chi connectivity index (χ1v) is 7.04. The molecular weight excluding hydrogens is 236 g/mol. The molecule has 0 unspecified atom stereocenters. The molecule has 1 saturated carbocycles. The van der Waals surface area contributed by atoms with Gasteiger partial charge < -0.3 is 15.2 Å². The zero-order chi connectivity index (χ0) is 13.4. The van der Waals surface area contributed by atoms with Crippen LogP contribution in [-0.2, 0) is 7.05 Å². The number of fused-ring (bicyclic) bond motifs is 1. The van der Waals surface area contributed by atoms with E-state index in [0.29, 0.717) is 12.1 Å². The van der Waals surface area contributed by atoms with Crippen LogP contribution in [0.1, 0.15) is 25.7 Å². The molecule has 102 valence electrons. The molecule has 0 aliphatic heterocycles. The number of hydrogen-bond donors (Lipinski definition) is 1. The molecule has 0 radical (unpaired) electrons. The second-order valence-corrected chi connectivity index (χ2v) is 5.71. The number of imidazole rings is 1. The molecular formula is C15H22N4. The normalized spacial score (nSPS) is 23.7. The first kappa shape index (κ1) is 12.5. The van der Waals surface area contributed by atoms with E-state index in [1.165, 1.54) is 24.0 Å². The van der Waals surface area contributed by atoms with Gasteiger partial charge in [-0.2, -0.15) is 0 Å². The molecule has 0 amide bonds. The number of rotatable bonds is 2. The van der Waals surface area contributed by atoms with Gasteiger partial charge in [0.15, 0.2) is 0 Å². The van der Waals surface area contributed by atoms with Gasteiger partial charge in [-0.3, -0.25) is 0 Å². The summed E-state index contributed by atoms with van der Waals surface area (Å²) in [5.41, 5.74) is 9.49. The molecule has 3 rings (SSSR count). The van der Waals surface area contributed by atoms with E-state index in [2.05, 4.69) is 39.7 Å². The zero-order valence-corrected chi connectivity index (χ0v) is 11.7. The quantitative estimate of drug-likeness (QED) is 0.899. The van der Waals surface area contributed by atoms with Crippen molar-refractivity contribution in [1.29, 1.82) is 0 Å². The molecule has 0 saturated heterocycles. The lowest BCUT2D eigenvalue weighted by molar-refractivity contribution is 0.385. The summed E-state index contributed by atoms with van der Waals surface area (Å²) in [4.78, 5) is 6.82. The Morgan fingerprint density at radius 3 is 2.74 bits per heavy atom. The molecule has 1 aromatic heterocycles. The van der Waals surface area contributed by atoms with Crippen LogP contribution >= 0.6 is 0 Å². The standard InChI is InChI=1S/C15H22N4/c1-18-10-17-14-9-13(7-8-15(14)18)19(2)12-5-3-11(16)4-6-12/h7-12H,3-6,16H2,1-2H3. The third kappa shape index (κ3) is 2.32. The lowest BCUT2D eigenvalue weighted by Gasteiger charge is -2.35. The van der Waals surface area contributed by atoms with Gasteiger partial charge in [0.25, 0.3) is 0 Å². The Bertz CT molecular complexity index is 567. The fourth-order valence-electron chi connectivity index (χ4n) is 3.04. The summed E-state index contributed by atoms with van der Waals surface area (Å²) in [6, 6.07) is 7.55. The van der Waals surface area contributed by atoms with Crippen molar-refractivity contribution in [2.75, 3.05) is 11.9 Å². The van der Waals surface area contributed by atoms with Crippen LogP contribution in [0.25, 0.3) is 11.0 Å². The first-order chi connectivity index (χ1) is 9.15. The highest BCUT2D eigenvalue weighted by molar-refractivity contribution is 5.79. The summed E-state index contributed by atoms with van der Waals surface area (Å²) >= 11 is 0. The largest absolute Gasteiger partial charge is 0.372 e. The molecule has 4 nitrogen and oxygen atoms in total. The van der Waals surface area contributed by atoms with Crippen molar-refractivity contribution in [3.05, 3.63) is 24.5 Å². The Morgan fingerprint density at radius 1 is 1.26 bits per heavy atom. The van der Waals surface area contributed by atoms with E-state index in [1.54, 1.807) is 0 Å². The van der Waals surface area contributed by atoms with Gasteiger partial charge in [0, 0.05) is 31.9 Å². The topological polar surface area (TPSA) is 47.1 Å². The minimum Gasteiger partial charge on any atom is -0.372 e. The van der Waals surface area contributed by atoms with Crippen molar-refractivity contribution >= 4 is 16.7 Å². The van der Waals surface area contributed by atoms with E-state index in [-0.39, 0.29) is 0 Å². The summed E-state index contributed by atoms with van der Waals surface area (Å²) in [5.74, 6) is 0. The highest BCUT2D eigenvalue weighted by atomic mass is 15.1. The maximum atomic E-state index is 5.98. The van der Waals surface area contributed by atoms with E-state index in [4.69, 9.17) is 5.73 Å². The average Bonchev–Trinajstić information content (AvgIpc) is 2.80. The highest BCUT2D eigenvalue weighted by Crippen LogP contribution is 2.27. The van der Waals surface area contributed by atoms with Crippen LogP contribution < -0.4 is 10.6 Å². The molecule has 2 N–H and O–H groups in total. The van der Waals surface area contributed by atoms with Gasteiger partial charge in [-0.25, -0.2) is 4.98 Å². The average molecular weight is 258 g/mol. The number of anilines is 1. The van der Waals surface area contributed by atoms with Gasteiger partial charge >= 0.3 is 0 Å². The van der Waals surface area contributed by atoms with Crippen LogP contribution in [0.2, 0.25) is 0 Å². The predicted octanol–water partition coefficient (Wildman–Crippen LogP) is 2.28. The Hall–Kier alpha value is -1.55. The Kier molecular flexibility index (Phi) is 3.19. The summed E-state index contributed by atoms with van der Waals surface area (Å²) in [5, 5.41) is 0. The second kappa shape index (κ2) is 4.85. The lowest BCUT2D eigenvalue weighted by atomic mass is 9.91. The SMILES string of the molecule is CN(c1ccc2c(c1)ncn2C)C1CCC(N)CC1. The van der Waals surface area contributed by atoms with Crippen LogP contribution in [-0.4, -0.2) is 28.7 Å². The molecule has 4 heteroatoms. The molecule has 0 bridgehead atoms. The number of nitrogens with zero attached hydrogens (tertiary/aromatic N) is 3. The number of hydrogen-bond acceptors (Lipinski definition) is 3. The molecule has 1 fully saturated rings. The van der Waals surface area contributed by atoms with Gasteiger partial charge in [-0.05, 0) is 43.9 Å². The maximum absolute atomic E-state index is 5.98. The van der Waals surface area contributed by atoms with Gasteiger partial charge in [0.2, 0.25) is 0 Å². The van der Waals surface area contributed by atoms with E-state index in [9.17, 15) is 0 Å². The Labute approximate surface area is 114 Å². The monoisotopic (exact) mass is 258 g/mol. The van der Waals surface area contributed by atoms with Crippen molar-refractivity contribution in [3.8, 4) is 0 Å². The predicted molar refractivity (Wildman–Crippen MR) is 79.3 cm³/mol. The van der Waals surface area contributed by atoms with Crippen LogP contribution in [0, 0.1) is 0 Å². The zero-order valence-electron chi connectivity index (χ0n) is 11.7. The minimum absolute atomic E-state index is 0.405. The summed E-state index contributed by atoms with van der Waals surface area (Å²) < 4.78 is 2.05. The van der Waals surface area contributed by atoms with Crippen molar-refractivity contribution in [2.24, 2.45) is 12.8 Å². The van der Waals surface area contributed by atoms with Crippen LogP contribution in [0.15, 0.2) is 24.5 Å². The highest BCUT2D eigenvalue weighted by Gasteiger charge is 2.22. The van der Waals surface area contributed by atoms with Gasteiger partial charge in [-0.15, -0.1) is 0 Å². The van der Waals surface area contributed by atoms with Crippen LogP contribution in [0.3, 0.4) is 0 Å². The molecule has 1 aromatic carbocycles. The van der Waals surface area contributed by atoms with E-state index < -0.39 is 0 Å². The van der Waals surface area contributed by atoms with Crippen molar-refractivity contribution < 1.29 is 0 Å². The lowest BCUT2D eigenvalue weighted by Crippen LogP contribution is -2.38. The van der Waals surface area contributed by atoms with Crippen molar-refractivity contribution in [2.45, 2.75) is 37.8 Å². The minimum atomic E-state index is 0.405. The smallest absolute Gasteiger partial charge is 0.0955 e. The summed E-state index contributed by atoms with van der Waals surface area (Å²) in [7, 11) is 4.22. The number of benzene rings is 1. The van der Waals surface area contributed by atoms with Gasteiger partial charge in [0.05, 0.1) is 17.4 Å². The Morgan fingerprint density at radius 2 is 2.00 bits per heavy atom. The third-order valence-electron chi connectivity index (χ3n) is 4.41. The summed E-state index contributed by atoms with van der Waals surface area (Å²) in [6.45, 7) is 0. The second-order valence-electron chi connectivity index (χ2n) is 5.71. The number of aromatic nitrogens is 2. The van der Waals surface area contributed by atoms with Gasteiger partial charge in [-0.1, -0.05) is 0 Å². The molecule has 0 atom stereocenters. The molecule has 1 aliphatic carbocycles. The van der Waals surface area contributed by atoms with Crippen LogP contribution in [0.4, 0.5) is 5.69 Å². The fourth-order valence-corrected chi connectivity index (χ4v) is 3.04. The molecule has 0 spiro atoms. The molecule has 1 heterocycles. The fraction of sp³-hybridized carbons (Fsp3) is 0.533. The summed E-state index contributed by atoms with van der Waals surface area (Å²) in [6.07, 6.45) is 6.53. The van der Waals surface area contributed by atoms with Gasteiger partial charge in [0.1, 0.15) is 0 Å². The third-order valence-corrected chi connectivity index (χ3v) is 4.41. The van der Waals surface area contributed by atoms with Crippen LogP contribution in [0.5, 0.6) is 0 Å². The van der Waals surface area contributed by atoms with E-state index >= 15 is 0 Å². The maximum Gasteiger partial charge on any atom is 0.0955 e. The number of nitrogens with two attached hydrogens (primary N) is 1.